The zero-order chi connectivity index (χ0) is 29.2. The van der Waals surface area contributed by atoms with E-state index in [4.69, 9.17) is 18.9 Å². The van der Waals surface area contributed by atoms with E-state index in [1.54, 1.807) is 0 Å². The first kappa shape index (κ1) is 29.6. The van der Waals surface area contributed by atoms with Crippen molar-refractivity contribution in [1.82, 2.24) is 10.3 Å². The monoisotopic (exact) mass is 560 g/mol. The van der Waals surface area contributed by atoms with Gasteiger partial charge in [-0.2, -0.15) is 0 Å². The average Bonchev–Trinajstić information content (AvgIpc) is 2.97. The normalized spacial score (nSPS) is 21.2. The smallest absolute Gasteiger partial charge is 0.329 e. The topological polar surface area (TPSA) is 113 Å². The van der Waals surface area contributed by atoms with Gasteiger partial charge in [0.2, 0.25) is 5.75 Å². The summed E-state index contributed by atoms with van der Waals surface area (Å²) >= 11 is 0. The number of aromatic nitrogens is 1. The Bertz CT molecular complexity index is 1320. The molecule has 1 aliphatic rings. The SMILES string of the molecule is COc1ccnc(C(=O)N[C@H]2CCCC[C@H](Cc3ccccc3)[C@@H](Oc3ccccc3)[C@H](C)OC2=O)c1OC(C)=O. The molecule has 1 fully saturated rings. The van der Waals surface area contributed by atoms with Crippen molar-refractivity contribution in [1.29, 1.82) is 0 Å². The fourth-order valence-electron chi connectivity index (χ4n) is 5.09. The average molecular weight is 561 g/mol. The third kappa shape index (κ3) is 8.06. The van der Waals surface area contributed by atoms with Crippen LogP contribution in [-0.2, 0) is 20.7 Å². The number of amides is 1. The predicted octanol–water partition coefficient (Wildman–Crippen LogP) is 4.93. The van der Waals surface area contributed by atoms with E-state index in [1.807, 2.05) is 55.5 Å². The number of rotatable bonds is 8. The van der Waals surface area contributed by atoms with E-state index in [-0.39, 0.29) is 23.1 Å². The fourth-order valence-corrected chi connectivity index (χ4v) is 5.09. The number of ether oxygens (including phenoxy) is 4. The minimum absolute atomic E-state index is 0.0961. The van der Waals surface area contributed by atoms with Crippen LogP contribution in [0.2, 0.25) is 0 Å². The van der Waals surface area contributed by atoms with Crippen molar-refractivity contribution in [3.63, 3.8) is 0 Å². The largest absolute Gasteiger partial charge is 0.493 e. The number of para-hydroxylation sites is 1. The Kier molecular flexibility index (Phi) is 10.3. The molecule has 0 spiro atoms. The zero-order valence-electron chi connectivity index (χ0n) is 23.6. The number of nitrogens with one attached hydrogen (secondary N) is 1. The Labute approximate surface area is 240 Å². The van der Waals surface area contributed by atoms with Crippen LogP contribution in [-0.4, -0.2) is 48.2 Å². The van der Waals surface area contributed by atoms with Crippen LogP contribution in [0.5, 0.6) is 17.2 Å². The molecule has 0 aliphatic carbocycles. The van der Waals surface area contributed by atoms with Gasteiger partial charge in [0.05, 0.1) is 7.11 Å². The van der Waals surface area contributed by atoms with E-state index in [1.165, 1.54) is 31.9 Å². The second-order valence-corrected chi connectivity index (χ2v) is 10.1. The number of hydrogen-bond donors (Lipinski definition) is 1. The lowest BCUT2D eigenvalue weighted by atomic mass is 9.86. The summed E-state index contributed by atoms with van der Waals surface area (Å²) in [5, 5.41) is 2.74. The highest BCUT2D eigenvalue weighted by Gasteiger charge is 2.35. The summed E-state index contributed by atoms with van der Waals surface area (Å²) in [6, 6.07) is 20.3. The van der Waals surface area contributed by atoms with Gasteiger partial charge >= 0.3 is 11.9 Å². The number of esters is 2. The Balaban J connectivity index is 1.55. The Morgan fingerprint density at radius 2 is 1.68 bits per heavy atom. The number of cyclic esters (lactones) is 1. The second kappa shape index (κ2) is 14.3. The Morgan fingerprint density at radius 1 is 1.00 bits per heavy atom. The molecule has 2 aromatic carbocycles. The van der Waals surface area contributed by atoms with Crippen molar-refractivity contribution >= 4 is 17.8 Å². The van der Waals surface area contributed by atoms with Gasteiger partial charge in [0.15, 0.2) is 11.4 Å². The van der Waals surface area contributed by atoms with Crippen LogP contribution in [0.3, 0.4) is 0 Å². The highest BCUT2D eigenvalue weighted by atomic mass is 16.6. The summed E-state index contributed by atoms with van der Waals surface area (Å²) in [5.41, 5.74) is 1.03. The van der Waals surface area contributed by atoms with Crippen LogP contribution < -0.4 is 19.5 Å². The first-order valence-electron chi connectivity index (χ1n) is 13.8. The second-order valence-electron chi connectivity index (χ2n) is 10.1. The van der Waals surface area contributed by atoms with Crippen LogP contribution in [0.4, 0.5) is 0 Å². The summed E-state index contributed by atoms with van der Waals surface area (Å²) < 4.78 is 22.9. The number of benzene rings is 2. The molecule has 3 aromatic rings. The van der Waals surface area contributed by atoms with E-state index in [0.717, 1.165) is 19.3 Å². The molecular weight excluding hydrogens is 524 g/mol. The molecular formula is C32H36N2O7. The van der Waals surface area contributed by atoms with Crippen LogP contribution in [0, 0.1) is 5.92 Å². The molecule has 1 N–H and O–H groups in total. The summed E-state index contributed by atoms with van der Waals surface area (Å²) in [6.45, 7) is 3.04. The number of nitrogens with zero attached hydrogens (tertiary/aromatic N) is 1. The highest BCUT2D eigenvalue weighted by Crippen LogP contribution is 2.31. The van der Waals surface area contributed by atoms with E-state index >= 15 is 0 Å². The molecule has 9 nitrogen and oxygen atoms in total. The van der Waals surface area contributed by atoms with Gasteiger partial charge in [-0.05, 0) is 43.9 Å². The minimum Gasteiger partial charge on any atom is -0.493 e. The van der Waals surface area contributed by atoms with E-state index < -0.39 is 36.1 Å². The highest BCUT2D eigenvalue weighted by molar-refractivity contribution is 5.98. The zero-order valence-corrected chi connectivity index (χ0v) is 23.6. The molecule has 0 radical (unpaired) electrons. The van der Waals surface area contributed by atoms with Crippen molar-refractivity contribution in [2.45, 2.75) is 64.2 Å². The van der Waals surface area contributed by atoms with Crippen LogP contribution in [0.1, 0.15) is 55.6 Å². The predicted molar refractivity (Wildman–Crippen MR) is 152 cm³/mol. The molecule has 1 amide bonds. The van der Waals surface area contributed by atoms with Crippen LogP contribution >= 0.6 is 0 Å². The van der Waals surface area contributed by atoms with E-state index in [2.05, 4.69) is 22.4 Å². The van der Waals surface area contributed by atoms with Gasteiger partial charge < -0.3 is 24.3 Å². The van der Waals surface area contributed by atoms with Crippen molar-refractivity contribution in [3.8, 4) is 17.2 Å². The molecule has 216 valence electrons. The van der Waals surface area contributed by atoms with Crippen LogP contribution in [0.15, 0.2) is 72.9 Å². The van der Waals surface area contributed by atoms with Gasteiger partial charge in [0, 0.05) is 25.1 Å². The third-order valence-electron chi connectivity index (χ3n) is 7.04. The molecule has 1 saturated heterocycles. The summed E-state index contributed by atoms with van der Waals surface area (Å²) in [5.74, 6) is -1.02. The van der Waals surface area contributed by atoms with E-state index in [9.17, 15) is 14.4 Å². The van der Waals surface area contributed by atoms with Crippen LogP contribution in [0.25, 0.3) is 0 Å². The molecule has 1 aromatic heterocycles. The molecule has 4 atom stereocenters. The molecule has 9 heteroatoms. The maximum absolute atomic E-state index is 13.4. The molecule has 41 heavy (non-hydrogen) atoms. The number of hydrogen-bond acceptors (Lipinski definition) is 8. The standard InChI is InChI=1S/C32H36N2O7/c1-21-29(41-25-15-8-5-9-16-25)24(20-23-12-6-4-7-13-23)14-10-11-17-26(32(37)39-21)34-31(36)28-30(40-22(2)35)27(38-3)18-19-33-28/h4-9,12-13,15-16,18-19,21,24,26,29H,10-11,14,17,20H2,1-3H3,(H,34,36)/t21-,24+,26-,29-/m0/s1. The van der Waals surface area contributed by atoms with Gasteiger partial charge in [-0.3, -0.25) is 9.59 Å². The fraction of sp³-hybridized carbons (Fsp3) is 0.375. The Morgan fingerprint density at radius 3 is 2.37 bits per heavy atom. The van der Waals surface area contributed by atoms with E-state index in [0.29, 0.717) is 18.6 Å². The maximum Gasteiger partial charge on any atom is 0.329 e. The number of carbonyl (C=O) groups is 3. The minimum atomic E-state index is -0.925. The van der Waals surface area contributed by atoms with Gasteiger partial charge in [0.1, 0.15) is 24.0 Å². The lowest BCUT2D eigenvalue weighted by Crippen LogP contribution is -2.47. The van der Waals surface area contributed by atoms with Gasteiger partial charge in [-0.15, -0.1) is 0 Å². The lowest BCUT2D eigenvalue weighted by molar-refractivity contribution is -0.157. The lowest BCUT2D eigenvalue weighted by Gasteiger charge is -2.34. The van der Waals surface area contributed by atoms with Gasteiger partial charge in [-0.25, -0.2) is 9.78 Å². The van der Waals surface area contributed by atoms with Crippen molar-refractivity contribution in [3.05, 3.63) is 84.2 Å². The molecule has 0 unspecified atom stereocenters. The maximum atomic E-state index is 13.4. The Hall–Kier alpha value is -4.40. The van der Waals surface area contributed by atoms with Gasteiger partial charge in [0.25, 0.3) is 5.91 Å². The molecule has 1 aliphatic heterocycles. The molecule has 4 rings (SSSR count). The quantitative estimate of drug-likeness (QED) is 0.386. The van der Waals surface area contributed by atoms with Crippen molar-refractivity contribution in [2.24, 2.45) is 5.92 Å². The third-order valence-corrected chi connectivity index (χ3v) is 7.04. The number of methoxy groups -OCH3 is 1. The first-order chi connectivity index (χ1) is 19.9. The summed E-state index contributed by atoms with van der Waals surface area (Å²) in [6.07, 6.45) is 3.88. The number of carbonyl (C=O) groups excluding carboxylic acids is 3. The van der Waals surface area contributed by atoms with Crippen molar-refractivity contribution < 1.29 is 33.3 Å². The summed E-state index contributed by atoms with van der Waals surface area (Å²) in [7, 11) is 1.39. The van der Waals surface area contributed by atoms with Crippen molar-refractivity contribution in [2.75, 3.05) is 7.11 Å². The summed E-state index contributed by atoms with van der Waals surface area (Å²) in [4.78, 5) is 42.5. The molecule has 0 saturated carbocycles. The number of pyridine rings is 1. The first-order valence-corrected chi connectivity index (χ1v) is 13.8. The molecule has 2 heterocycles. The molecule has 0 bridgehead atoms. The van der Waals surface area contributed by atoms with Gasteiger partial charge in [-0.1, -0.05) is 61.4 Å².